The summed E-state index contributed by atoms with van der Waals surface area (Å²) in [6.45, 7) is 5.93. The lowest BCUT2D eigenvalue weighted by molar-refractivity contribution is -0.141. The zero-order valence-corrected chi connectivity index (χ0v) is 9.07. The smallest absolute Gasteiger partial charge is 0.307 e. The quantitative estimate of drug-likeness (QED) is 0.690. The van der Waals surface area contributed by atoms with Gasteiger partial charge < -0.3 is 9.30 Å². The third-order valence-corrected chi connectivity index (χ3v) is 2.45. The van der Waals surface area contributed by atoms with E-state index in [-0.39, 0.29) is 12.0 Å². The Bertz CT molecular complexity index is 331. The summed E-state index contributed by atoms with van der Waals surface area (Å²) in [6, 6.07) is 0.101. The summed E-state index contributed by atoms with van der Waals surface area (Å²) in [5, 5.41) is 0. The number of aryl methyl sites for hydroxylation is 1. The van der Waals surface area contributed by atoms with Gasteiger partial charge in [-0.25, -0.2) is 4.98 Å². The van der Waals surface area contributed by atoms with Crippen LogP contribution in [0.2, 0.25) is 0 Å². The number of nitrogens with zero attached hydrogens (tertiary/aromatic N) is 2. The Kier molecular flexibility index (Phi) is 3.28. The maximum atomic E-state index is 11.1. The van der Waals surface area contributed by atoms with Crippen molar-refractivity contribution in [2.24, 2.45) is 0 Å². The van der Waals surface area contributed by atoms with Crippen LogP contribution >= 0.6 is 0 Å². The molecule has 0 spiro atoms. The maximum Gasteiger partial charge on any atom is 0.307 e. The number of carbonyl (C=O) groups excluding carboxylic acids is 1. The lowest BCUT2D eigenvalue weighted by Gasteiger charge is -2.13. The number of ether oxygens (including phenoxy) is 1. The Labute approximate surface area is 83.9 Å². The topological polar surface area (TPSA) is 44.1 Å². The number of hydrogen-bond donors (Lipinski definition) is 0. The Morgan fingerprint density at radius 1 is 1.64 bits per heavy atom. The van der Waals surface area contributed by atoms with Crippen LogP contribution in [0.25, 0.3) is 0 Å². The zero-order chi connectivity index (χ0) is 10.7. The van der Waals surface area contributed by atoms with Crippen molar-refractivity contribution in [3.05, 3.63) is 17.7 Å². The van der Waals surface area contributed by atoms with E-state index in [1.54, 1.807) is 6.33 Å². The highest BCUT2D eigenvalue weighted by atomic mass is 16.5. The first-order valence-corrected chi connectivity index (χ1v) is 4.63. The number of aromatic nitrogens is 2. The molecule has 0 N–H and O–H groups in total. The number of imidazole rings is 1. The molecule has 78 valence electrons. The molecule has 4 heteroatoms. The fourth-order valence-electron chi connectivity index (χ4n) is 1.38. The molecule has 0 saturated heterocycles. The minimum atomic E-state index is -0.191. The molecule has 0 saturated carbocycles. The van der Waals surface area contributed by atoms with Gasteiger partial charge in [0.2, 0.25) is 0 Å². The molecule has 0 aliphatic carbocycles. The first kappa shape index (κ1) is 10.8. The Hall–Kier alpha value is -1.32. The van der Waals surface area contributed by atoms with Crippen molar-refractivity contribution in [2.45, 2.75) is 33.2 Å². The SMILES string of the molecule is COC(=O)CC(C)n1cnc(C)c1C. The van der Waals surface area contributed by atoms with Crippen LogP contribution in [0, 0.1) is 13.8 Å². The molecule has 0 fully saturated rings. The van der Waals surface area contributed by atoms with Crippen molar-refractivity contribution in [3.8, 4) is 0 Å². The van der Waals surface area contributed by atoms with Gasteiger partial charge in [0.1, 0.15) is 0 Å². The molecule has 0 bridgehead atoms. The molecule has 1 heterocycles. The molecule has 1 rings (SSSR count). The highest BCUT2D eigenvalue weighted by Crippen LogP contribution is 2.15. The summed E-state index contributed by atoms with van der Waals surface area (Å²) in [7, 11) is 1.40. The molecule has 1 unspecified atom stereocenters. The summed E-state index contributed by atoms with van der Waals surface area (Å²) in [6.07, 6.45) is 2.14. The van der Waals surface area contributed by atoms with Crippen molar-refractivity contribution < 1.29 is 9.53 Å². The normalized spacial score (nSPS) is 12.6. The summed E-state index contributed by atoms with van der Waals surface area (Å²) >= 11 is 0. The molecule has 0 aromatic carbocycles. The molecule has 0 amide bonds. The van der Waals surface area contributed by atoms with Crippen molar-refractivity contribution >= 4 is 5.97 Å². The molecule has 1 aromatic heterocycles. The Morgan fingerprint density at radius 3 is 2.71 bits per heavy atom. The molecule has 4 nitrogen and oxygen atoms in total. The third-order valence-electron chi connectivity index (χ3n) is 2.45. The number of rotatable bonds is 3. The average molecular weight is 196 g/mol. The molecular formula is C10H16N2O2. The van der Waals surface area contributed by atoms with Gasteiger partial charge in [0, 0.05) is 11.7 Å². The van der Waals surface area contributed by atoms with Gasteiger partial charge in [-0.2, -0.15) is 0 Å². The summed E-state index contributed by atoms with van der Waals surface area (Å²) in [5.41, 5.74) is 2.10. The van der Waals surface area contributed by atoms with Gasteiger partial charge in [-0.15, -0.1) is 0 Å². The standard InChI is InChI=1S/C10H16N2O2/c1-7(5-10(13)14-4)12-6-11-8(2)9(12)3/h6-7H,5H2,1-4H3. The Morgan fingerprint density at radius 2 is 2.29 bits per heavy atom. The van der Waals surface area contributed by atoms with E-state index in [2.05, 4.69) is 9.72 Å². The first-order chi connectivity index (χ1) is 6.56. The van der Waals surface area contributed by atoms with Crippen LogP contribution in [0.15, 0.2) is 6.33 Å². The zero-order valence-electron chi connectivity index (χ0n) is 9.07. The largest absolute Gasteiger partial charge is 0.469 e. The molecular weight excluding hydrogens is 180 g/mol. The van der Waals surface area contributed by atoms with E-state index in [1.807, 2.05) is 25.3 Å². The van der Waals surface area contributed by atoms with Gasteiger partial charge in [-0.3, -0.25) is 4.79 Å². The summed E-state index contributed by atoms with van der Waals surface area (Å²) < 4.78 is 6.61. The predicted molar refractivity (Wildman–Crippen MR) is 53.0 cm³/mol. The van der Waals surface area contributed by atoms with E-state index in [1.165, 1.54) is 7.11 Å². The predicted octanol–water partition coefficient (Wildman–Crippen LogP) is 1.62. The van der Waals surface area contributed by atoms with E-state index in [0.29, 0.717) is 6.42 Å². The highest BCUT2D eigenvalue weighted by molar-refractivity contribution is 5.69. The molecule has 1 aromatic rings. The molecule has 0 aliphatic rings. The molecule has 0 aliphatic heterocycles. The second kappa shape index (κ2) is 4.26. The van der Waals surface area contributed by atoms with Gasteiger partial charge in [0.05, 0.1) is 25.6 Å². The lowest BCUT2D eigenvalue weighted by atomic mass is 10.2. The molecule has 1 atom stereocenters. The van der Waals surface area contributed by atoms with Gasteiger partial charge in [-0.05, 0) is 20.8 Å². The molecule has 14 heavy (non-hydrogen) atoms. The average Bonchev–Trinajstić information content (AvgIpc) is 2.47. The van der Waals surface area contributed by atoms with E-state index >= 15 is 0 Å². The number of hydrogen-bond acceptors (Lipinski definition) is 3. The minimum Gasteiger partial charge on any atom is -0.469 e. The Balaban J connectivity index is 2.74. The van der Waals surface area contributed by atoms with E-state index < -0.39 is 0 Å². The monoisotopic (exact) mass is 196 g/mol. The number of esters is 1. The number of carbonyl (C=O) groups is 1. The van der Waals surface area contributed by atoms with Gasteiger partial charge in [0.15, 0.2) is 0 Å². The van der Waals surface area contributed by atoms with Gasteiger partial charge in [-0.1, -0.05) is 0 Å². The second-order valence-corrected chi connectivity index (χ2v) is 3.45. The lowest BCUT2D eigenvalue weighted by Crippen LogP contribution is -2.12. The van der Waals surface area contributed by atoms with Crippen LogP contribution in [0.5, 0.6) is 0 Å². The van der Waals surface area contributed by atoms with Crippen LogP contribution in [0.3, 0.4) is 0 Å². The highest BCUT2D eigenvalue weighted by Gasteiger charge is 2.13. The van der Waals surface area contributed by atoms with Crippen molar-refractivity contribution in [1.29, 1.82) is 0 Å². The van der Waals surface area contributed by atoms with Gasteiger partial charge >= 0.3 is 5.97 Å². The van der Waals surface area contributed by atoms with Crippen LogP contribution in [-0.4, -0.2) is 22.6 Å². The summed E-state index contributed by atoms with van der Waals surface area (Å²) in [4.78, 5) is 15.2. The van der Waals surface area contributed by atoms with Crippen molar-refractivity contribution in [1.82, 2.24) is 9.55 Å². The summed E-state index contributed by atoms with van der Waals surface area (Å²) in [5.74, 6) is -0.191. The minimum absolute atomic E-state index is 0.101. The fourth-order valence-corrected chi connectivity index (χ4v) is 1.38. The second-order valence-electron chi connectivity index (χ2n) is 3.45. The van der Waals surface area contributed by atoms with Crippen molar-refractivity contribution in [3.63, 3.8) is 0 Å². The molecule has 0 radical (unpaired) electrons. The number of methoxy groups -OCH3 is 1. The van der Waals surface area contributed by atoms with Crippen LogP contribution in [0.4, 0.5) is 0 Å². The van der Waals surface area contributed by atoms with Gasteiger partial charge in [0.25, 0.3) is 0 Å². The fraction of sp³-hybridized carbons (Fsp3) is 0.600. The maximum absolute atomic E-state index is 11.1. The first-order valence-electron chi connectivity index (χ1n) is 4.63. The third kappa shape index (κ3) is 2.13. The van der Waals surface area contributed by atoms with E-state index in [0.717, 1.165) is 11.4 Å². The van der Waals surface area contributed by atoms with E-state index in [4.69, 9.17) is 0 Å². The van der Waals surface area contributed by atoms with E-state index in [9.17, 15) is 4.79 Å². The van der Waals surface area contributed by atoms with Crippen LogP contribution < -0.4 is 0 Å². The van der Waals surface area contributed by atoms with Crippen LogP contribution in [0.1, 0.15) is 30.8 Å². The van der Waals surface area contributed by atoms with Crippen molar-refractivity contribution in [2.75, 3.05) is 7.11 Å². The van der Waals surface area contributed by atoms with Crippen LogP contribution in [-0.2, 0) is 9.53 Å².